The van der Waals surface area contributed by atoms with Crippen LogP contribution in [0.3, 0.4) is 0 Å². The van der Waals surface area contributed by atoms with Crippen LogP contribution in [0.4, 0.5) is 0 Å². The Bertz CT molecular complexity index is 337. The summed E-state index contributed by atoms with van der Waals surface area (Å²) in [6, 6.07) is 7.83. The third-order valence-electron chi connectivity index (χ3n) is 2.17. The molecule has 0 bridgehead atoms. The molecule has 0 spiro atoms. The second kappa shape index (κ2) is 6.55. The third-order valence-corrected chi connectivity index (χ3v) is 3.06. The van der Waals surface area contributed by atoms with Gasteiger partial charge in [-0.25, -0.2) is 0 Å². The Morgan fingerprint density at radius 1 is 1.44 bits per heavy atom. The molecular formula is C12H17NO2S. The van der Waals surface area contributed by atoms with Gasteiger partial charge in [0.05, 0.1) is 6.42 Å². The summed E-state index contributed by atoms with van der Waals surface area (Å²) in [5.41, 5.74) is 6.81. The molecule has 0 aliphatic heterocycles. The van der Waals surface area contributed by atoms with Crippen LogP contribution in [0.2, 0.25) is 0 Å². The Labute approximate surface area is 100 Å². The van der Waals surface area contributed by atoms with E-state index in [-0.39, 0.29) is 12.5 Å². The van der Waals surface area contributed by atoms with Crippen molar-refractivity contribution in [3.8, 4) is 0 Å². The van der Waals surface area contributed by atoms with Crippen LogP contribution in [-0.4, -0.2) is 22.9 Å². The molecule has 0 saturated carbocycles. The molecule has 1 atom stereocenters. The van der Waals surface area contributed by atoms with Crippen molar-refractivity contribution in [3.63, 3.8) is 0 Å². The molecule has 0 amide bonds. The summed E-state index contributed by atoms with van der Waals surface area (Å²) in [4.78, 5) is 11.7. The molecule has 0 fully saturated rings. The standard InChI is InChI=1S/C12H17NO2S/c1-2-16-11-5-3-9(4-6-11)7-10(13)8-12(14)15/h3-6,10H,2,7-8,13H2,1H3,(H,14,15). The maximum atomic E-state index is 10.5. The van der Waals surface area contributed by atoms with E-state index in [1.807, 2.05) is 12.1 Å². The summed E-state index contributed by atoms with van der Waals surface area (Å²) in [6.45, 7) is 2.11. The van der Waals surface area contributed by atoms with Crippen LogP contribution in [0.15, 0.2) is 29.2 Å². The Balaban J connectivity index is 2.51. The van der Waals surface area contributed by atoms with Gasteiger partial charge >= 0.3 is 5.97 Å². The Morgan fingerprint density at radius 2 is 2.06 bits per heavy atom. The summed E-state index contributed by atoms with van der Waals surface area (Å²) in [7, 11) is 0. The van der Waals surface area contributed by atoms with Gasteiger partial charge in [0.15, 0.2) is 0 Å². The average molecular weight is 239 g/mol. The zero-order valence-electron chi connectivity index (χ0n) is 9.35. The largest absolute Gasteiger partial charge is 0.481 e. The lowest BCUT2D eigenvalue weighted by Crippen LogP contribution is -2.26. The molecule has 0 saturated heterocycles. The van der Waals surface area contributed by atoms with Crippen molar-refractivity contribution in [2.45, 2.75) is 30.7 Å². The highest BCUT2D eigenvalue weighted by Crippen LogP contribution is 2.18. The molecule has 0 radical (unpaired) electrons. The maximum absolute atomic E-state index is 10.5. The van der Waals surface area contributed by atoms with Gasteiger partial charge in [0.25, 0.3) is 0 Å². The van der Waals surface area contributed by atoms with Crippen molar-refractivity contribution >= 4 is 17.7 Å². The minimum Gasteiger partial charge on any atom is -0.481 e. The lowest BCUT2D eigenvalue weighted by molar-refractivity contribution is -0.137. The predicted molar refractivity (Wildman–Crippen MR) is 66.8 cm³/mol. The molecule has 0 aromatic heterocycles. The normalized spacial score (nSPS) is 12.4. The number of carboxylic acids is 1. The summed E-state index contributed by atoms with van der Waals surface area (Å²) in [6.07, 6.45) is 0.634. The molecular weight excluding hydrogens is 222 g/mol. The van der Waals surface area contributed by atoms with E-state index in [1.54, 1.807) is 11.8 Å². The van der Waals surface area contributed by atoms with Gasteiger partial charge in [-0.15, -0.1) is 11.8 Å². The SMILES string of the molecule is CCSc1ccc(CC(N)CC(=O)O)cc1. The van der Waals surface area contributed by atoms with E-state index in [9.17, 15) is 4.79 Å². The van der Waals surface area contributed by atoms with Crippen LogP contribution in [0.25, 0.3) is 0 Å². The summed E-state index contributed by atoms with van der Waals surface area (Å²) in [5, 5.41) is 8.59. The number of rotatable bonds is 6. The number of benzene rings is 1. The van der Waals surface area contributed by atoms with Crippen LogP contribution in [0, 0.1) is 0 Å². The first-order chi connectivity index (χ1) is 7.61. The van der Waals surface area contributed by atoms with Gasteiger partial charge in [-0.1, -0.05) is 19.1 Å². The van der Waals surface area contributed by atoms with Gasteiger partial charge in [-0.2, -0.15) is 0 Å². The molecule has 1 rings (SSSR count). The van der Waals surface area contributed by atoms with E-state index in [0.717, 1.165) is 11.3 Å². The quantitative estimate of drug-likeness (QED) is 0.747. The first kappa shape index (κ1) is 13.1. The number of thioether (sulfide) groups is 1. The highest BCUT2D eigenvalue weighted by atomic mass is 32.2. The predicted octanol–water partition coefficient (Wildman–Crippen LogP) is 2.14. The van der Waals surface area contributed by atoms with Gasteiger partial charge < -0.3 is 10.8 Å². The molecule has 0 heterocycles. The molecule has 0 aliphatic rings. The molecule has 0 aliphatic carbocycles. The fourth-order valence-electron chi connectivity index (χ4n) is 1.49. The molecule has 1 aromatic carbocycles. The summed E-state index contributed by atoms with van der Waals surface area (Å²) in [5.74, 6) is 0.211. The molecule has 16 heavy (non-hydrogen) atoms. The van der Waals surface area contributed by atoms with E-state index in [1.165, 1.54) is 4.90 Å². The lowest BCUT2D eigenvalue weighted by atomic mass is 10.0. The van der Waals surface area contributed by atoms with Crippen LogP contribution in [0.5, 0.6) is 0 Å². The van der Waals surface area contributed by atoms with Crippen molar-refractivity contribution in [2.75, 3.05) is 5.75 Å². The zero-order chi connectivity index (χ0) is 12.0. The topological polar surface area (TPSA) is 63.3 Å². The Kier molecular flexibility index (Phi) is 5.35. The number of nitrogens with two attached hydrogens (primary N) is 1. The van der Waals surface area contributed by atoms with E-state index in [2.05, 4.69) is 19.1 Å². The van der Waals surface area contributed by atoms with E-state index < -0.39 is 5.97 Å². The van der Waals surface area contributed by atoms with Gasteiger partial charge in [0, 0.05) is 10.9 Å². The highest BCUT2D eigenvalue weighted by molar-refractivity contribution is 7.99. The maximum Gasteiger partial charge on any atom is 0.304 e. The molecule has 3 nitrogen and oxygen atoms in total. The molecule has 1 aromatic rings. The monoisotopic (exact) mass is 239 g/mol. The van der Waals surface area contributed by atoms with Gasteiger partial charge in [0.1, 0.15) is 0 Å². The molecule has 1 unspecified atom stereocenters. The third kappa shape index (κ3) is 4.68. The highest BCUT2D eigenvalue weighted by Gasteiger charge is 2.08. The number of hydrogen-bond donors (Lipinski definition) is 2. The fraction of sp³-hybridized carbons (Fsp3) is 0.417. The second-order valence-corrected chi connectivity index (χ2v) is 4.98. The van der Waals surface area contributed by atoms with Gasteiger partial charge in [-0.05, 0) is 29.9 Å². The van der Waals surface area contributed by atoms with Crippen LogP contribution in [-0.2, 0) is 11.2 Å². The fourth-order valence-corrected chi connectivity index (χ4v) is 2.15. The first-order valence-corrected chi connectivity index (χ1v) is 6.29. The minimum atomic E-state index is -0.842. The van der Waals surface area contributed by atoms with Crippen LogP contribution < -0.4 is 5.73 Å². The Hall–Kier alpha value is -1.00. The summed E-state index contributed by atoms with van der Waals surface area (Å²) >= 11 is 1.79. The van der Waals surface area contributed by atoms with Crippen LogP contribution in [0.1, 0.15) is 18.9 Å². The summed E-state index contributed by atoms with van der Waals surface area (Å²) < 4.78 is 0. The molecule has 3 N–H and O–H groups in total. The van der Waals surface area contributed by atoms with E-state index in [4.69, 9.17) is 10.8 Å². The van der Waals surface area contributed by atoms with Crippen molar-refractivity contribution in [1.82, 2.24) is 0 Å². The minimum absolute atomic E-state index is 0.0193. The van der Waals surface area contributed by atoms with E-state index in [0.29, 0.717) is 6.42 Å². The number of carboxylic acid groups (broad SMARTS) is 1. The van der Waals surface area contributed by atoms with Crippen molar-refractivity contribution < 1.29 is 9.90 Å². The number of hydrogen-bond acceptors (Lipinski definition) is 3. The second-order valence-electron chi connectivity index (χ2n) is 3.64. The first-order valence-electron chi connectivity index (χ1n) is 5.31. The molecule has 88 valence electrons. The smallest absolute Gasteiger partial charge is 0.304 e. The Morgan fingerprint density at radius 3 is 2.56 bits per heavy atom. The van der Waals surface area contributed by atoms with Crippen LogP contribution >= 0.6 is 11.8 Å². The average Bonchev–Trinajstić information content (AvgIpc) is 2.20. The zero-order valence-corrected chi connectivity index (χ0v) is 10.2. The van der Waals surface area contributed by atoms with Gasteiger partial charge in [-0.3, -0.25) is 4.79 Å². The van der Waals surface area contributed by atoms with Crippen molar-refractivity contribution in [1.29, 1.82) is 0 Å². The number of carbonyl (C=O) groups is 1. The van der Waals surface area contributed by atoms with Crippen molar-refractivity contribution in [3.05, 3.63) is 29.8 Å². The lowest BCUT2D eigenvalue weighted by Gasteiger charge is -2.09. The van der Waals surface area contributed by atoms with Crippen molar-refractivity contribution in [2.24, 2.45) is 5.73 Å². The van der Waals surface area contributed by atoms with Gasteiger partial charge in [0.2, 0.25) is 0 Å². The number of aliphatic carboxylic acids is 1. The molecule has 4 heteroatoms. The van der Waals surface area contributed by atoms with E-state index >= 15 is 0 Å².